The first-order chi connectivity index (χ1) is 8.08. The van der Waals surface area contributed by atoms with E-state index >= 15 is 0 Å². The second-order valence-corrected chi connectivity index (χ2v) is 4.92. The molecule has 2 unspecified atom stereocenters. The summed E-state index contributed by atoms with van der Waals surface area (Å²) in [5.41, 5.74) is 7.02. The van der Waals surface area contributed by atoms with Gasteiger partial charge in [-0.1, -0.05) is 6.07 Å². The number of aliphatic hydroxyl groups excluding tert-OH is 1. The summed E-state index contributed by atoms with van der Waals surface area (Å²) in [6.07, 6.45) is 1.58. The van der Waals surface area contributed by atoms with Crippen molar-refractivity contribution in [1.82, 2.24) is 4.90 Å². The monoisotopic (exact) mass is 236 g/mol. The number of nitrogens with two attached hydrogens (primary N) is 1. The number of phenolic OH excluding ortho intramolecular Hbond substituents is 1. The first-order valence-corrected chi connectivity index (χ1v) is 6.03. The Morgan fingerprint density at radius 2 is 2.24 bits per heavy atom. The van der Waals surface area contributed by atoms with Crippen LogP contribution in [0.15, 0.2) is 18.2 Å². The lowest BCUT2D eigenvalue weighted by atomic mass is 9.88. The van der Waals surface area contributed by atoms with Gasteiger partial charge in [0.15, 0.2) is 0 Å². The smallest absolute Gasteiger partial charge is 0.117 e. The van der Waals surface area contributed by atoms with Crippen molar-refractivity contribution in [1.29, 1.82) is 0 Å². The fraction of sp³-hybridized carbons (Fsp3) is 0.538. The molecule has 4 nitrogen and oxygen atoms in total. The van der Waals surface area contributed by atoms with E-state index in [1.165, 1.54) is 6.07 Å². The average molecular weight is 236 g/mol. The number of anilines is 1. The van der Waals surface area contributed by atoms with E-state index in [9.17, 15) is 10.2 Å². The number of phenols is 1. The summed E-state index contributed by atoms with van der Waals surface area (Å²) in [6, 6.07) is 4.77. The summed E-state index contributed by atoms with van der Waals surface area (Å²) in [7, 11) is 2.07. The zero-order chi connectivity index (χ0) is 12.4. The van der Waals surface area contributed by atoms with Crippen LogP contribution in [0.3, 0.4) is 0 Å². The molecule has 1 saturated heterocycles. The van der Waals surface area contributed by atoms with Gasteiger partial charge in [-0.05, 0) is 32.5 Å². The Morgan fingerprint density at radius 3 is 2.88 bits per heavy atom. The Kier molecular flexibility index (Phi) is 3.54. The van der Waals surface area contributed by atoms with Crippen molar-refractivity contribution in [3.63, 3.8) is 0 Å². The molecule has 1 aromatic carbocycles. The Balaban J connectivity index is 2.15. The molecular formula is C13H20N2O2. The molecular weight excluding hydrogens is 216 g/mol. The third-order valence-electron chi connectivity index (χ3n) is 3.50. The Labute approximate surface area is 102 Å². The number of hydrogen-bond acceptors (Lipinski definition) is 4. The van der Waals surface area contributed by atoms with Crippen LogP contribution in [0.2, 0.25) is 0 Å². The number of rotatable bonds is 2. The number of nitrogens with zero attached hydrogens (tertiary/aromatic N) is 1. The van der Waals surface area contributed by atoms with Crippen molar-refractivity contribution in [2.24, 2.45) is 5.92 Å². The second kappa shape index (κ2) is 4.94. The lowest BCUT2D eigenvalue weighted by Gasteiger charge is -2.33. The van der Waals surface area contributed by atoms with Gasteiger partial charge in [0.25, 0.3) is 0 Å². The number of piperidine rings is 1. The summed E-state index contributed by atoms with van der Waals surface area (Å²) >= 11 is 0. The summed E-state index contributed by atoms with van der Waals surface area (Å²) < 4.78 is 0. The van der Waals surface area contributed by atoms with Crippen molar-refractivity contribution in [2.75, 3.05) is 25.9 Å². The number of hydrogen-bond donors (Lipinski definition) is 3. The summed E-state index contributed by atoms with van der Waals surface area (Å²) in [4.78, 5) is 2.23. The molecule has 0 spiro atoms. The highest BCUT2D eigenvalue weighted by Crippen LogP contribution is 2.33. The maximum atomic E-state index is 10.3. The molecule has 0 bridgehead atoms. The fourth-order valence-corrected chi connectivity index (χ4v) is 2.55. The van der Waals surface area contributed by atoms with Crippen LogP contribution in [0.25, 0.3) is 0 Å². The summed E-state index contributed by atoms with van der Waals surface area (Å²) in [6.45, 7) is 1.98. The maximum absolute atomic E-state index is 10.3. The van der Waals surface area contributed by atoms with E-state index < -0.39 is 6.10 Å². The highest BCUT2D eigenvalue weighted by molar-refractivity contribution is 5.52. The van der Waals surface area contributed by atoms with E-state index in [1.54, 1.807) is 12.1 Å². The van der Waals surface area contributed by atoms with Crippen LogP contribution in [0, 0.1) is 5.92 Å². The minimum atomic E-state index is -0.543. The molecule has 1 aliphatic heterocycles. The fourth-order valence-electron chi connectivity index (χ4n) is 2.55. The van der Waals surface area contributed by atoms with Crippen molar-refractivity contribution < 1.29 is 10.2 Å². The zero-order valence-corrected chi connectivity index (χ0v) is 10.1. The van der Waals surface area contributed by atoms with Crippen LogP contribution in [0.1, 0.15) is 24.5 Å². The van der Waals surface area contributed by atoms with Crippen molar-refractivity contribution >= 4 is 5.69 Å². The van der Waals surface area contributed by atoms with Gasteiger partial charge in [0.2, 0.25) is 0 Å². The topological polar surface area (TPSA) is 69.7 Å². The molecule has 1 aromatic rings. The lowest BCUT2D eigenvalue weighted by molar-refractivity contribution is 0.0597. The molecule has 2 atom stereocenters. The molecule has 1 fully saturated rings. The number of nitrogen functional groups attached to an aromatic ring is 1. The van der Waals surface area contributed by atoms with Crippen LogP contribution >= 0.6 is 0 Å². The van der Waals surface area contributed by atoms with Crippen molar-refractivity contribution in [2.45, 2.75) is 18.9 Å². The molecule has 1 heterocycles. The van der Waals surface area contributed by atoms with Gasteiger partial charge in [-0.25, -0.2) is 0 Å². The molecule has 2 rings (SSSR count). The number of aromatic hydroxyl groups is 1. The largest absolute Gasteiger partial charge is 0.508 e. The highest BCUT2D eigenvalue weighted by Gasteiger charge is 2.26. The number of benzene rings is 1. The van der Waals surface area contributed by atoms with E-state index in [-0.39, 0.29) is 11.7 Å². The molecule has 0 amide bonds. The Hall–Kier alpha value is -1.26. The zero-order valence-electron chi connectivity index (χ0n) is 10.1. The maximum Gasteiger partial charge on any atom is 0.117 e. The van der Waals surface area contributed by atoms with Crippen LogP contribution in [0.4, 0.5) is 5.69 Å². The van der Waals surface area contributed by atoms with Crippen molar-refractivity contribution in [3.8, 4) is 5.75 Å². The van der Waals surface area contributed by atoms with Gasteiger partial charge < -0.3 is 20.8 Å². The minimum Gasteiger partial charge on any atom is -0.508 e. The predicted molar refractivity (Wildman–Crippen MR) is 67.7 cm³/mol. The molecule has 0 aromatic heterocycles. The van der Waals surface area contributed by atoms with Gasteiger partial charge in [-0.15, -0.1) is 0 Å². The van der Waals surface area contributed by atoms with Crippen LogP contribution in [-0.2, 0) is 0 Å². The molecule has 4 N–H and O–H groups in total. The molecule has 1 aliphatic rings. The first kappa shape index (κ1) is 12.2. The lowest BCUT2D eigenvalue weighted by Crippen LogP contribution is -2.35. The molecule has 0 aliphatic carbocycles. The molecule has 17 heavy (non-hydrogen) atoms. The Bertz CT molecular complexity index is 395. The highest BCUT2D eigenvalue weighted by atomic mass is 16.3. The molecule has 94 valence electrons. The van der Waals surface area contributed by atoms with E-state index in [0.29, 0.717) is 5.69 Å². The van der Waals surface area contributed by atoms with Gasteiger partial charge in [0, 0.05) is 29.8 Å². The van der Waals surface area contributed by atoms with Gasteiger partial charge in [-0.2, -0.15) is 0 Å². The van der Waals surface area contributed by atoms with Crippen LogP contribution < -0.4 is 5.73 Å². The summed E-state index contributed by atoms with van der Waals surface area (Å²) in [5.74, 6) is 0.361. The summed E-state index contributed by atoms with van der Waals surface area (Å²) in [5, 5.41) is 19.6. The Morgan fingerprint density at radius 1 is 1.47 bits per heavy atom. The third-order valence-corrected chi connectivity index (χ3v) is 3.50. The molecule has 4 heteroatoms. The number of aliphatic hydroxyl groups is 1. The average Bonchev–Trinajstić information content (AvgIpc) is 2.28. The van der Waals surface area contributed by atoms with E-state index in [2.05, 4.69) is 11.9 Å². The molecule has 0 radical (unpaired) electrons. The van der Waals surface area contributed by atoms with E-state index in [4.69, 9.17) is 5.73 Å². The minimum absolute atomic E-state index is 0.138. The van der Waals surface area contributed by atoms with E-state index in [0.717, 1.165) is 31.5 Å². The van der Waals surface area contributed by atoms with Gasteiger partial charge >= 0.3 is 0 Å². The standard InChI is InChI=1S/C13H20N2O2/c1-15-6-2-3-9(8-15)13(17)11-5-4-10(16)7-12(11)14/h4-5,7,9,13,16-17H,2-3,6,8,14H2,1H3. The number of likely N-dealkylation sites (tertiary alicyclic amines) is 1. The predicted octanol–water partition coefficient (Wildman–Crippen LogP) is 1.35. The third kappa shape index (κ3) is 2.70. The van der Waals surface area contributed by atoms with Crippen molar-refractivity contribution in [3.05, 3.63) is 23.8 Å². The van der Waals surface area contributed by atoms with Gasteiger partial charge in [0.1, 0.15) is 5.75 Å². The van der Waals surface area contributed by atoms with Crippen LogP contribution in [-0.4, -0.2) is 35.3 Å². The van der Waals surface area contributed by atoms with Gasteiger partial charge in [0.05, 0.1) is 6.10 Å². The van der Waals surface area contributed by atoms with E-state index in [1.807, 2.05) is 0 Å². The normalized spacial score (nSPS) is 23.5. The van der Waals surface area contributed by atoms with Crippen LogP contribution in [0.5, 0.6) is 5.75 Å². The second-order valence-electron chi connectivity index (χ2n) is 4.92. The van der Waals surface area contributed by atoms with Gasteiger partial charge in [-0.3, -0.25) is 0 Å². The SMILES string of the molecule is CN1CCCC(C(O)c2ccc(O)cc2N)C1. The quantitative estimate of drug-likeness (QED) is 0.678. The first-order valence-electron chi connectivity index (χ1n) is 6.03. The molecule has 0 saturated carbocycles.